The summed E-state index contributed by atoms with van der Waals surface area (Å²) in [7, 11) is -3.18. The molecule has 0 spiro atoms. The van der Waals surface area contributed by atoms with Gasteiger partial charge >= 0.3 is 0 Å². The Morgan fingerprint density at radius 3 is 2.43 bits per heavy atom. The van der Waals surface area contributed by atoms with Crippen molar-refractivity contribution in [3.63, 3.8) is 0 Å². The van der Waals surface area contributed by atoms with E-state index in [9.17, 15) is 18.0 Å². The summed E-state index contributed by atoms with van der Waals surface area (Å²) in [4.78, 5) is 25.9. The highest BCUT2D eigenvalue weighted by Crippen LogP contribution is 2.28. The predicted molar refractivity (Wildman–Crippen MR) is 79.4 cm³/mol. The van der Waals surface area contributed by atoms with Gasteiger partial charge in [0.2, 0.25) is 11.8 Å². The van der Waals surface area contributed by atoms with Crippen molar-refractivity contribution < 1.29 is 18.0 Å². The number of piperazine rings is 1. The van der Waals surface area contributed by atoms with Gasteiger partial charge in [-0.25, -0.2) is 8.42 Å². The van der Waals surface area contributed by atoms with Crippen LogP contribution in [0.3, 0.4) is 0 Å². The molecule has 1 saturated heterocycles. The minimum Gasteiger partial charge on any atom is -0.342 e. The normalized spacial score (nSPS) is 26.6. The average molecular weight is 316 g/mol. The molecule has 1 heterocycles. The molecule has 2 unspecified atom stereocenters. The first-order valence-electron chi connectivity index (χ1n) is 7.55. The molecule has 6 nitrogen and oxygen atoms in total. The smallest absolute Gasteiger partial charge is 0.246 e. The molecule has 0 aromatic carbocycles. The van der Waals surface area contributed by atoms with Crippen LogP contribution in [0.1, 0.15) is 39.0 Å². The number of rotatable bonds is 4. The van der Waals surface area contributed by atoms with Gasteiger partial charge in [0.25, 0.3) is 0 Å². The zero-order chi connectivity index (χ0) is 15.6. The van der Waals surface area contributed by atoms with E-state index in [-0.39, 0.29) is 30.0 Å². The Hall–Kier alpha value is -1.11. The maximum atomic E-state index is 12.6. The Bertz CT molecular complexity index is 511. The van der Waals surface area contributed by atoms with Crippen molar-refractivity contribution in [2.45, 2.75) is 51.1 Å². The molecule has 120 valence electrons. The molecule has 1 aliphatic carbocycles. The lowest BCUT2D eigenvalue weighted by Gasteiger charge is -2.40. The Morgan fingerprint density at radius 1 is 1.24 bits per heavy atom. The Balaban J connectivity index is 2.11. The molecule has 2 fully saturated rings. The average Bonchev–Trinajstić information content (AvgIpc) is 2.40. The van der Waals surface area contributed by atoms with Crippen LogP contribution in [0.25, 0.3) is 0 Å². The van der Waals surface area contributed by atoms with E-state index < -0.39 is 21.9 Å². The second-order valence-electron chi connectivity index (χ2n) is 6.35. The lowest BCUT2D eigenvalue weighted by atomic mass is 9.82. The zero-order valence-electron chi connectivity index (χ0n) is 12.7. The minimum atomic E-state index is -3.18. The Kier molecular flexibility index (Phi) is 4.91. The van der Waals surface area contributed by atoms with E-state index in [0.717, 1.165) is 31.9 Å². The number of carbonyl (C=O) groups is 2. The van der Waals surface area contributed by atoms with Crippen molar-refractivity contribution in [3.05, 3.63) is 0 Å². The highest BCUT2D eigenvalue weighted by Gasteiger charge is 2.40. The SMILES string of the molecule is CC(CS(C)(=O)=O)N1CC(=O)NC(C2CCCCC2)C1=O. The monoisotopic (exact) mass is 316 g/mol. The van der Waals surface area contributed by atoms with Crippen LogP contribution in [0.5, 0.6) is 0 Å². The third-order valence-electron chi connectivity index (χ3n) is 4.38. The van der Waals surface area contributed by atoms with Gasteiger partial charge in [-0.15, -0.1) is 0 Å². The van der Waals surface area contributed by atoms with Crippen molar-refractivity contribution in [1.82, 2.24) is 10.2 Å². The molecule has 0 radical (unpaired) electrons. The number of hydrogen-bond acceptors (Lipinski definition) is 4. The highest BCUT2D eigenvalue weighted by molar-refractivity contribution is 7.90. The predicted octanol–water partition coefficient (Wildman–Crippen LogP) is 0.327. The number of amides is 2. The third-order valence-corrected chi connectivity index (χ3v) is 5.46. The van der Waals surface area contributed by atoms with E-state index in [2.05, 4.69) is 5.32 Å². The zero-order valence-corrected chi connectivity index (χ0v) is 13.5. The lowest BCUT2D eigenvalue weighted by Crippen LogP contribution is -2.63. The van der Waals surface area contributed by atoms with Gasteiger partial charge in [-0.3, -0.25) is 9.59 Å². The summed E-state index contributed by atoms with van der Waals surface area (Å²) in [5.74, 6) is -0.241. The quantitative estimate of drug-likeness (QED) is 0.810. The van der Waals surface area contributed by atoms with Crippen LogP contribution in [0.15, 0.2) is 0 Å². The molecule has 0 bridgehead atoms. The summed E-state index contributed by atoms with van der Waals surface area (Å²) < 4.78 is 22.8. The fraction of sp³-hybridized carbons (Fsp3) is 0.857. The molecular weight excluding hydrogens is 292 g/mol. The Morgan fingerprint density at radius 2 is 1.86 bits per heavy atom. The van der Waals surface area contributed by atoms with E-state index in [1.54, 1.807) is 6.92 Å². The van der Waals surface area contributed by atoms with E-state index in [1.165, 1.54) is 11.3 Å². The molecular formula is C14H24N2O4S. The van der Waals surface area contributed by atoms with Crippen molar-refractivity contribution in [1.29, 1.82) is 0 Å². The second-order valence-corrected chi connectivity index (χ2v) is 8.54. The first kappa shape index (κ1) is 16.3. The van der Waals surface area contributed by atoms with E-state index >= 15 is 0 Å². The van der Waals surface area contributed by atoms with Crippen LogP contribution < -0.4 is 5.32 Å². The van der Waals surface area contributed by atoms with Crippen LogP contribution in [0.4, 0.5) is 0 Å². The number of nitrogens with zero attached hydrogens (tertiary/aromatic N) is 1. The molecule has 0 aromatic heterocycles. The molecule has 0 aromatic rings. The number of carbonyl (C=O) groups excluding carboxylic acids is 2. The molecule has 2 amide bonds. The highest BCUT2D eigenvalue weighted by atomic mass is 32.2. The van der Waals surface area contributed by atoms with Crippen molar-refractivity contribution in [2.24, 2.45) is 5.92 Å². The fourth-order valence-electron chi connectivity index (χ4n) is 3.38. The van der Waals surface area contributed by atoms with E-state index in [4.69, 9.17) is 0 Å². The summed E-state index contributed by atoms with van der Waals surface area (Å²) in [6.07, 6.45) is 6.40. The molecule has 7 heteroatoms. The van der Waals surface area contributed by atoms with Crippen LogP contribution in [-0.4, -0.2) is 55.8 Å². The molecule has 1 N–H and O–H groups in total. The van der Waals surface area contributed by atoms with Crippen molar-refractivity contribution >= 4 is 21.7 Å². The summed E-state index contributed by atoms with van der Waals surface area (Å²) in [5, 5.41) is 2.80. The number of nitrogens with one attached hydrogen (secondary N) is 1. The second kappa shape index (κ2) is 6.34. The van der Waals surface area contributed by atoms with Gasteiger partial charge in [-0.1, -0.05) is 19.3 Å². The van der Waals surface area contributed by atoms with Gasteiger partial charge in [-0.2, -0.15) is 0 Å². The first-order valence-corrected chi connectivity index (χ1v) is 9.61. The van der Waals surface area contributed by atoms with E-state index in [0.29, 0.717) is 0 Å². The molecule has 21 heavy (non-hydrogen) atoms. The van der Waals surface area contributed by atoms with Crippen LogP contribution >= 0.6 is 0 Å². The molecule has 1 aliphatic heterocycles. The lowest BCUT2D eigenvalue weighted by molar-refractivity contribution is -0.147. The summed E-state index contributed by atoms with van der Waals surface area (Å²) in [6, 6.07) is -0.946. The molecule has 2 aliphatic rings. The van der Waals surface area contributed by atoms with Gasteiger partial charge in [0.05, 0.1) is 12.3 Å². The molecule has 2 rings (SSSR count). The summed E-state index contributed by atoms with van der Waals surface area (Å²) in [6.45, 7) is 1.65. The van der Waals surface area contributed by atoms with Gasteiger partial charge in [0.15, 0.2) is 0 Å². The molecule has 2 atom stereocenters. The van der Waals surface area contributed by atoms with Crippen molar-refractivity contribution in [3.8, 4) is 0 Å². The van der Waals surface area contributed by atoms with Crippen LogP contribution in [0.2, 0.25) is 0 Å². The van der Waals surface area contributed by atoms with E-state index in [1.807, 2.05) is 0 Å². The maximum absolute atomic E-state index is 12.6. The largest absolute Gasteiger partial charge is 0.342 e. The number of sulfone groups is 1. The topological polar surface area (TPSA) is 83.6 Å². The minimum absolute atomic E-state index is 0.0429. The van der Waals surface area contributed by atoms with Crippen LogP contribution in [0, 0.1) is 5.92 Å². The first-order chi connectivity index (χ1) is 9.78. The third kappa shape index (κ3) is 4.18. The molecule has 1 saturated carbocycles. The summed E-state index contributed by atoms with van der Waals surface area (Å²) in [5.41, 5.74) is 0. The van der Waals surface area contributed by atoms with Gasteiger partial charge in [-0.05, 0) is 25.7 Å². The van der Waals surface area contributed by atoms with Gasteiger partial charge < -0.3 is 10.2 Å². The van der Waals surface area contributed by atoms with Gasteiger partial charge in [0, 0.05) is 12.3 Å². The maximum Gasteiger partial charge on any atom is 0.246 e. The summed E-state index contributed by atoms with van der Waals surface area (Å²) >= 11 is 0. The van der Waals surface area contributed by atoms with Crippen LogP contribution in [-0.2, 0) is 19.4 Å². The number of hydrogen-bond donors (Lipinski definition) is 1. The van der Waals surface area contributed by atoms with Crippen molar-refractivity contribution in [2.75, 3.05) is 18.6 Å². The fourth-order valence-corrected chi connectivity index (χ4v) is 4.44. The Labute approximate surface area is 126 Å². The standard InChI is InChI=1S/C14H24N2O4S/c1-10(9-21(2,19)20)16-8-12(17)15-13(14(16)18)11-6-4-3-5-7-11/h10-11,13H,3-9H2,1-2H3,(H,15,17). The van der Waals surface area contributed by atoms with Gasteiger partial charge in [0.1, 0.15) is 15.9 Å².